The molecular formula is C14H27N3O. The zero-order chi connectivity index (χ0) is 13.3. The van der Waals surface area contributed by atoms with E-state index in [-0.39, 0.29) is 6.10 Å². The largest absolute Gasteiger partial charge is 0.375 e. The van der Waals surface area contributed by atoms with Gasteiger partial charge >= 0.3 is 0 Å². The topological polar surface area (TPSA) is 50.8 Å². The van der Waals surface area contributed by atoms with Crippen molar-refractivity contribution in [1.82, 2.24) is 4.90 Å². The molecule has 4 heteroatoms. The zero-order valence-electron chi connectivity index (χ0n) is 12.1. The van der Waals surface area contributed by atoms with E-state index in [1.165, 1.54) is 12.8 Å². The van der Waals surface area contributed by atoms with Crippen molar-refractivity contribution in [2.24, 2.45) is 22.1 Å². The quantitative estimate of drug-likeness (QED) is 0.617. The van der Waals surface area contributed by atoms with Gasteiger partial charge in [-0.1, -0.05) is 20.8 Å². The molecule has 1 aliphatic carbocycles. The van der Waals surface area contributed by atoms with Crippen molar-refractivity contribution in [3.63, 3.8) is 0 Å². The summed E-state index contributed by atoms with van der Waals surface area (Å²) in [7, 11) is 0. The highest BCUT2D eigenvalue weighted by molar-refractivity contribution is 5.78. The number of guanidine groups is 1. The lowest BCUT2D eigenvalue weighted by molar-refractivity contribution is 0.00525. The Morgan fingerprint density at radius 2 is 2.28 bits per heavy atom. The average Bonchev–Trinajstić information content (AvgIpc) is 3.04. The minimum atomic E-state index is 0.257. The normalized spacial score (nSPS) is 37.2. The van der Waals surface area contributed by atoms with Crippen LogP contribution in [0.25, 0.3) is 0 Å². The fourth-order valence-electron chi connectivity index (χ4n) is 3.15. The second-order valence-electron chi connectivity index (χ2n) is 6.08. The fraction of sp³-hybridized carbons (Fsp3) is 0.929. The minimum Gasteiger partial charge on any atom is -0.375 e. The number of nitrogens with two attached hydrogens (primary N) is 1. The van der Waals surface area contributed by atoms with Crippen molar-refractivity contribution < 1.29 is 4.74 Å². The maximum Gasteiger partial charge on any atom is 0.191 e. The molecule has 3 atom stereocenters. The Labute approximate surface area is 111 Å². The average molecular weight is 253 g/mol. The lowest BCUT2D eigenvalue weighted by atomic mass is 9.89. The Hall–Kier alpha value is -0.770. The molecule has 0 spiro atoms. The van der Waals surface area contributed by atoms with Crippen molar-refractivity contribution in [3.8, 4) is 0 Å². The molecule has 1 saturated heterocycles. The fourth-order valence-corrected chi connectivity index (χ4v) is 3.15. The molecule has 3 unspecified atom stereocenters. The molecule has 1 saturated carbocycles. The van der Waals surface area contributed by atoms with Gasteiger partial charge in [0.15, 0.2) is 5.96 Å². The van der Waals surface area contributed by atoms with Crippen LogP contribution in [0.5, 0.6) is 0 Å². The lowest BCUT2D eigenvalue weighted by Gasteiger charge is -2.32. The van der Waals surface area contributed by atoms with E-state index in [9.17, 15) is 0 Å². The Balaban J connectivity index is 1.97. The second-order valence-corrected chi connectivity index (χ2v) is 6.08. The van der Waals surface area contributed by atoms with Crippen molar-refractivity contribution in [2.45, 2.75) is 52.7 Å². The number of rotatable bonds is 3. The molecule has 0 radical (unpaired) electrons. The van der Waals surface area contributed by atoms with E-state index in [0.717, 1.165) is 19.7 Å². The van der Waals surface area contributed by atoms with Crippen LogP contribution in [-0.4, -0.2) is 42.7 Å². The van der Waals surface area contributed by atoms with E-state index >= 15 is 0 Å². The molecule has 4 nitrogen and oxygen atoms in total. The van der Waals surface area contributed by atoms with Crippen LogP contribution in [0.4, 0.5) is 0 Å². The molecule has 2 N–H and O–H groups in total. The molecule has 0 aromatic heterocycles. The first-order chi connectivity index (χ1) is 8.49. The molecule has 2 aliphatic rings. The first-order valence-corrected chi connectivity index (χ1v) is 7.19. The summed E-state index contributed by atoms with van der Waals surface area (Å²) < 4.78 is 5.53. The third-order valence-corrected chi connectivity index (χ3v) is 4.74. The molecule has 0 aromatic carbocycles. The highest BCUT2D eigenvalue weighted by Crippen LogP contribution is 2.56. The molecule has 1 aliphatic heterocycles. The van der Waals surface area contributed by atoms with Gasteiger partial charge in [-0.3, -0.25) is 0 Å². The van der Waals surface area contributed by atoms with Crippen LogP contribution in [0.15, 0.2) is 4.99 Å². The summed E-state index contributed by atoms with van der Waals surface area (Å²) in [6.07, 6.45) is 2.65. The number of nitrogens with zero attached hydrogens (tertiary/aromatic N) is 2. The van der Waals surface area contributed by atoms with Crippen LogP contribution < -0.4 is 5.73 Å². The summed E-state index contributed by atoms with van der Waals surface area (Å²) in [5.74, 6) is 1.40. The highest BCUT2D eigenvalue weighted by Gasteiger charge is 2.55. The molecule has 1 heterocycles. The summed E-state index contributed by atoms with van der Waals surface area (Å²) in [6.45, 7) is 11.4. The standard InChI is InChI=1S/C14H27N3O/c1-5-14(10(2)3)8-12(14)16-13(15)17-6-7-18-11(4)9-17/h10-12H,5-9H2,1-4H3,(H2,15,16). The molecule has 18 heavy (non-hydrogen) atoms. The van der Waals surface area contributed by atoms with Gasteiger partial charge in [0.05, 0.1) is 18.8 Å². The van der Waals surface area contributed by atoms with Crippen LogP contribution in [-0.2, 0) is 4.74 Å². The van der Waals surface area contributed by atoms with Crippen molar-refractivity contribution in [1.29, 1.82) is 0 Å². The number of aliphatic imine (C=N–C) groups is 1. The van der Waals surface area contributed by atoms with E-state index in [1.54, 1.807) is 0 Å². The molecule has 0 aromatic rings. The number of hydrogen-bond donors (Lipinski definition) is 1. The number of ether oxygens (including phenoxy) is 1. The van der Waals surface area contributed by atoms with Gasteiger partial charge in [-0.2, -0.15) is 0 Å². The summed E-state index contributed by atoms with van der Waals surface area (Å²) in [5, 5.41) is 0. The van der Waals surface area contributed by atoms with E-state index in [2.05, 4.69) is 32.6 Å². The second kappa shape index (κ2) is 5.08. The van der Waals surface area contributed by atoms with Crippen molar-refractivity contribution in [2.75, 3.05) is 19.7 Å². The predicted octanol–water partition coefficient (Wildman–Crippen LogP) is 1.85. The summed E-state index contributed by atoms with van der Waals surface area (Å²) in [6, 6.07) is 0.431. The third-order valence-electron chi connectivity index (χ3n) is 4.74. The maximum absolute atomic E-state index is 6.15. The first-order valence-electron chi connectivity index (χ1n) is 7.19. The smallest absolute Gasteiger partial charge is 0.191 e. The van der Waals surface area contributed by atoms with Gasteiger partial charge < -0.3 is 15.4 Å². The van der Waals surface area contributed by atoms with E-state index < -0.39 is 0 Å². The molecular weight excluding hydrogens is 226 g/mol. The van der Waals surface area contributed by atoms with Gasteiger partial charge in [0.1, 0.15) is 0 Å². The SMILES string of the molecule is CCC1(C(C)C)CC1N=C(N)N1CCOC(C)C1. The van der Waals surface area contributed by atoms with Gasteiger partial charge in [-0.25, -0.2) is 4.99 Å². The van der Waals surface area contributed by atoms with Gasteiger partial charge in [0.25, 0.3) is 0 Å². The predicted molar refractivity (Wildman–Crippen MR) is 74.6 cm³/mol. The van der Waals surface area contributed by atoms with Crippen molar-refractivity contribution >= 4 is 5.96 Å². The summed E-state index contributed by atoms with van der Waals surface area (Å²) >= 11 is 0. The van der Waals surface area contributed by atoms with Gasteiger partial charge in [-0.15, -0.1) is 0 Å². The molecule has 2 rings (SSSR count). The lowest BCUT2D eigenvalue weighted by Crippen LogP contribution is -2.48. The van der Waals surface area contributed by atoms with Crippen LogP contribution >= 0.6 is 0 Å². The summed E-state index contributed by atoms with van der Waals surface area (Å²) in [4.78, 5) is 6.92. The van der Waals surface area contributed by atoms with Crippen LogP contribution in [0.3, 0.4) is 0 Å². The van der Waals surface area contributed by atoms with Gasteiger partial charge in [0.2, 0.25) is 0 Å². The Kier molecular flexibility index (Phi) is 3.85. The van der Waals surface area contributed by atoms with Crippen molar-refractivity contribution in [3.05, 3.63) is 0 Å². The van der Waals surface area contributed by atoms with Gasteiger partial charge in [0, 0.05) is 13.1 Å². The van der Waals surface area contributed by atoms with Crippen LogP contribution in [0, 0.1) is 11.3 Å². The number of hydrogen-bond acceptors (Lipinski definition) is 2. The van der Waals surface area contributed by atoms with E-state index in [0.29, 0.717) is 23.3 Å². The first kappa shape index (κ1) is 13.7. The molecule has 2 fully saturated rings. The zero-order valence-corrected chi connectivity index (χ0v) is 12.1. The maximum atomic E-state index is 6.15. The monoisotopic (exact) mass is 253 g/mol. The summed E-state index contributed by atoms with van der Waals surface area (Å²) in [5.41, 5.74) is 6.55. The molecule has 0 bridgehead atoms. The number of morpholine rings is 1. The van der Waals surface area contributed by atoms with Crippen LogP contribution in [0.1, 0.15) is 40.5 Å². The Morgan fingerprint density at radius 1 is 1.56 bits per heavy atom. The Morgan fingerprint density at radius 3 is 2.78 bits per heavy atom. The van der Waals surface area contributed by atoms with E-state index in [1.807, 2.05) is 0 Å². The molecule has 104 valence electrons. The minimum absolute atomic E-state index is 0.257. The van der Waals surface area contributed by atoms with Crippen LogP contribution in [0.2, 0.25) is 0 Å². The highest BCUT2D eigenvalue weighted by atomic mass is 16.5. The molecule has 0 amide bonds. The van der Waals surface area contributed by atoms with Gasteiger partial charge in [-0.05, 0) is 31.1 Å². The Bertz CT molecular complexity index is 329. The van der Waals surface area contributed by atoms with E-state index in [4.69, 9.17) is 15.5 Å². The third kappa shape index (κ3) is 2.48.